The second kappa shape index (κ2) is 18.3. The maximum absolute atomic E-state index is 9.66. The third-order valence-corrected chi connectivity index (χ3v) is 5.77. The van der Waals surface area contributed by atoms with E-state index in [1.165, 1.54) is 22.3 Å². The molecule has 33 heavy (non-hydrogen) atoms. The molecule has 3 N–H and O–H groups in total. The number of thiocarbonyl (C=S) groups is 1. The van der Waals surface area contributed by atoms with Crippen molar-refractivity contribution in [2.24, 2.45) is 0 Å². The number of hydrogen-bond acceptors (Lipinski definition) is 2. The van der Waals surface area contributed by atoms with Crippen LogP contribution in [0.2, 0.25) is 0 Å². The molecule has 3 nitrogen and oxygen atoms in total. The number of allylic oxidation sites excluding steroid dienone is 6. The molecule has 0 fully saturated rings. The van der Waals surface area contributed by atoms with Gasteiger partial charge < -0.3 is 15.7 Å². The van der Waals surface area contributed by atoms with Gasteiger partial charge in [-0.05, 0) is 96.0 Å². The first-order chi connectivity index (χ1) is 15.9. The number of benzene rings is 1. The molecule has 0 spiro atoms. The van der Waals surface area contributed by atoms with Crippen LogP contribution in [0.5, 0.6) is 0 Å². The van der Waals surface area contributed by atoms with Gasteiger partial charge in [-0.1, -0.05) is 71.4 Å². The molecule has 0 aliphatic rings. The molecule has 0 unspecified atom stereocenters. The van der Waals surface area contributed by atoms with E-state index in [-0.39, 0.29) is 6.61 Å². The van der Waals surface area contributed by atoms with Gasteiger partial charge in [-0.15, -0.1) is 0 Å². The normalized spacial score (nSPS) is 12.5. The first kappa shape index (κ1) is 28.9. The first-order valence-corrected chi connectivity index (χ1v) is 12.6. The Hall–Kier alpha value is -2.17. The van der Waals surface area contributed by atoms with Crippen molar-refractivity contribution in [3.63, 3.8) is 0 Å². The average molecular weight is 469 g/mol. The molecule has 1 rings (SSSR count). The lowest BCUT2D eigenvalue weighted by Gasteiger charge is -2.09. The lowest BCUT2D eigenvalue weighted by Crippen LogP contribution is -2.36. The molecule has 4 heteroatoms. The van der Waals surface area contributed by atoms with Gasteiger partial charge in [0, 0.05) is 13.1 Å². The molecule has 0 heterocycles. The van der Waals surface area contributed by atoms with Crippen LogP contribution in [0.1, 0.15) is 71.8 Å². The number of aliphatic hydroxyl groups excluding tert-OH is 1. The van der Waals surface area contributed by atoms with Gasteiger partial charge in [0.05, 0.1) is 6.61 Å². The van der Waals surface area contributed by atoms with Crippen molar-refractivity contribution in [3.05, 3.63) is 82.5 Å². The molecule has 0 radical (unpaired) electrons. The fraction of sp³-hybridized carbons (Fsp3) is 0.483. The molecule has 0 aromatic heterocycles. The average Bonchev–Trinajstić information content (AvgIpc) is 2.78. The molecule has 0 saturated carbocycles. The highest BCUT2D eigenvalue weighted by atomic mass is 32.1. The van der Waals surface area contributed by atoms with E-state index in [1.807, 2.05) is 6.07 Å². The predicted molar refractivity (Wildman–Crippen MR) is 149 cm³/mol. The molecule has 0 saturated heterocycles. The number of hydrogen-bond donors (Lipinski definition) is 3. The molecule has 0 aliphatic heterocycles. The van der Waals surface area contributed by atoms with Crippen LogP contribution in [0.4, 0.5) is 0 Å². The van der Waals surface area contributed by atoms with E-state index in [2.05, 4.69) is 86.9 Å². The summed E-state index contributed by atoms with van der Waals surface area (Å²) < 4.78 is 0. The summed E-state index contributed by atoms with van der Waals surface area (Å²) in [6.07, 6.45) is 16.1. The highest BCUT2D eigenvalue weighted by Gasteiger charge is 1.98. The predicted octanol–water partition coefficient (Wildman–Crippen LogP) is 6.81. The molecule has 0 aliphatic carbocycles. The third kappa shape index (κ3) is 16.1. The fourth-order valence-electron chi connectivity index (χ4n) is 3.39. The second-order valence-corrected chi connectivity index (χ2v) is 9.30. The van der Waals surface area contributed by atoms with Gasteiger partial charge in [-0.2, -0.15) is 0 Å². The van der Waals surface area contributed by atoms with Crippen LogP contribution >= 0.6 is 12.2 Å². The fourth-order valence-corrected chi connectivity index (χ4v) is 3.58. The molecular weight excluding hydrogens is 424 g/mol. The summed E-state index contributed by atoms with van der Waals surface area (Å²) in [6, 6.07) is 10.4. The van der Waals surface area contributed by atoms with E-state index in [0.29, 0.717) is 5.11 Å². The molecular formula is C29H44N2OS. The van der Waals surface area contributed by atoms with Gasteiger partial charge in [-0.25, -0.2) is 0 Å². The lowest BCUT2D eigenvalue weighted by molar-refractivity contribution is 0.326. The van der Waals surface area contributed by atoms with Crippen LogP contribution in [0.15, 0.2) is 76.9 Å². The summed E-state index contributed by atoms with van der Waals surface area (Å²) in [5.74, 6) is 0. The Balaban J connectivity index is 2.22. The first-order valence-electron chi connectivity index (χ1n) is 12.2. The van der Waals surface area contributed by atoms with Crippen molar-refractivity contribution in [1.82, 2.24) is 10.6 Å². The van der Waals surface area contributed by atoms with E-state index in [9.17, 15) is 5.11 Å². The van der Waals surface area contributed by atoms with Crippen LogP contribution in [-0.2, 0) is 6.42 Å². The Kier molecular flexibility index (Phi) is 16.0. The SMILES string of the molecule is CC(C)=CCC/C(C)=C/CC/C(=C\CC/C(C)=C/CNC(=S)NCCc1ccccc1)CO. The quantitative estimate of drug-likeness (QED) is 0.195. The Labute approximate surface area is 207 Å². The highest BCUT2D eigenvalue weighted by Crippen LogP contribution is 2.13. The number of rotatable bonds is 15. The van der Waals surface area contributed by atoms with Crippen molar-refractivity contribution < 1.29 is 5.11 Å². The van der Waals surface area contributed by atoms with Crippen LogP contribution < -0.4 is 10.6 Å². The highest BCUT2D eigenvalue weighted by molar-refractivity contribution is 7.80. The Morgan fingerprint density at radius 2 is 1.45 bits per heavy atom. The minimum Gasteiger partial charge on any atom is -0.392 e. The maximum atomic E-state index is 9.66. The van der Waals surface area contributed by atoms with Crippen molar-refractivity contribution in [3.8, 4) is 0 Å². The summed E-state index contributed by atoms with van der Waals surface area (Å²) in [7, 11) is 0. The van der Waals surface area contributed by atoms with Crippen LogP contribution in [0.25, 0.3) is 0 Å². The van der Waals surface area contributed by atoms with E-state index < -0.39 is 0 Å². The van der Waals surface area contributed by atoms with E-state index in [4.69, 9.17) is 12.2 Å². The summed E-state index contributed by atoms with van der Waals surface area (Å²) in [6.45, 7) is 10.4. The van der Waals surface area contributed by atoms with Gasteiger partial charge in [0.1, 0.15) is 0 Å². The smallest absolute Gasteiger partial charge is 0.166 e. The molecule has 0 bridgehead atoms. The zero-order chi connectivity index (χ0) is 24.3. The molecule has 1 aromatic carbocycles. The maximum Gasteiger partial charge on any atom is 0.166 e. The monoisotopic (exact) mass is 468 g/mol. The van der Waals surface area contributed by atoms with Gasteiger partial charge in [0.2, 0.25) is 0 Å². The van der Waals surface area contributed by atoms with Crippen molar-refractivity contribution >= 4 is 17.3 Å². The van der Waals surface area contributed by atoms with Crippen LogP contribution in [-0.4, -0.2) is 29.9 Å². The minimum atomic E-state index is 0.151. The summed E-state index contributed by atoms with van der Waals surface area (Å²) in [5, 5.41) is 16.9. The van der Waals surface area contributed by atoms with E-state index in [0.717, 1.165) is 63.6 Å². The summed E-state index contributed by atoms with van der Waals surface area (Å²) >= 11 is 5.36. The van der Waals surface area contributed by atoms with Crippen molar-refractivity contribution in [1.29, 1.82) is 0 Å². The van der Waals surface area contributed by atoms with Gasteiger partial charge in [0.25, 0.3) is 0 Å². The molecule has 0 amide bonds. The minimum absolute atomic E-state index is 0.151. The van der Waals surface area contributed by atoms with Crippen LogP contribution in [0, 0.1) is 0 Å². The van der Waals surface area contributed by atoms with Gasteiger partial charge >= 0.3 is 0 Å². The summed E-state index contributed by atoms with van der Waals surface area (Å²) in [4.78, 5) is 0. The zero-order valence-electron chi connectivity index (χ0n) is 21.1. The van der Waals surface area contributed by atoms with E-state index in [1.54, 1.807) is 0 Å². The number of aliphatic hydroxyl groups is 1. The van der Waals surface area contributed by atoms with Crippen molar-refractivity contribution in [2.75, 3.05) is 19.7 Å². The van der Waals surface area contributed by atoms with E-state index >= 15 is 0 Å². The Morgan fingerprint density at radius 3 is 2.12 bits per heavy atom. The van der Waals surface area contributed by atoms with Gasteiger partial charge in [0.15, 0.2) is 5.11 Å². The van der Waals surface area contributed by atoms with Crippen molar-refractivity contribution in [2.45, 2.75) is 72.6 Å². The topological polar surface area (TPSA) is 44.3 Å². The van der Waals surface area contributed by atoms with Gasteiger partial charge in [-0.3, -0.25) is 0 Å². The Morgan fingerprint density at radius 1 is 0.818 bits per heavy atom. The molecule has 1 aromatic rings. The third-order valence-electron chi connectivity index (χ3n) is 5.48. The molecule has 0 atom stereocenters. The molecule has 182 valence electrons. The Bertz CT molecular complexity index is 802. The standard InChI is InChI=1S/C29H44N2OS/c1-24(2)11-8-12-25(3)13-9-17-28(23-32)18-10-14-26(4)19-21-30-29(33)31-22-20-27-15-6-5-7-16-27/h5-7,11,13,15-16,18-19,32H,8-10,12,14,17,20-23H2,1-4H3,(H2,30,31,33)/b25-13+,26-19+,28-18+. The largest absolute Gasteiger partial charge is 0.392 e. The lowest BCUT2D eigenvalue weighted by atomic mass is 10.0. The summed E-state index contributed by atoms with van der Waals surface area (Å²) in [5.41, 5.74) is 6.59. The number of nitrogens with one attached hydrogen (secondary N) is 2. The van der Waals surface area contributed by atoms with Crippen LogP contribution in [0.3, 0.4) is 0 Å². The zero-order valence-corrected chi connectivity index (χ0v) is 21.9. The second-order valence-electron chi connectivity index (χ2n) is 8.89.